The average Bonchev–Trinajstić information content (AvgIpc) is 2.93. The van der Waals surface area contributed by atoms with Crippen LogP contribution in [-0.4, -0.2) is 11.0 Å². The van der Waals surface area contributed by atoms with Gasteiger partial charge in [-0.1, -0.05) is 20.3 Å². The van der Waals surface area contributed by atoms with Gasteiger partial charge in [0.05, 0.1) is 0 Å². The van der Waals surface area contributed by atoms with Gasteiger partial charge in [-0.15, -0.1) is 0 Å². The van der Waals surface area contributed by atoms with Crippen LogP contribution in [0.25, 0.3) is 11.1 Å². The van der Waals surface area contributed by atoms with E-state index in [0.29, 0.717) is 23.7 Å². The summed E-state index contributed by atoms with van der Waals surface area (Å²) in [6.07, 6.45) is 3.74. The summed E-state index contributed by atoms with van der Waals surface area (Å²) in [6.45, 7) is 4.59. The molecule has 1 saturated carbocycles. The Balaban J connectivity index is 1.78. The number of nitrogen functional groups attached to an aromatic ring is 1. The lowest BCUT2D eigenvalue weighted by Gasteiger charge is -2.19. The maximum atomic E-state index is 5.75. The maximum absolute atomic E-state index is 5.75. The smallest absolute Gasteiger partial charge is 0.295 e. The van der Waals surface area contributed by atoms with Crippen molar-refractivity contribution < 1.29 is 4.42 Å². The van der Waals surface area contributed by atoms with Gasteiger partial charge in [0, 0.05) is 17.8 Å². The van der Waals surface area contributed by atoms with Gasteiger partial charge in [-0.2, -0.15) is 4.98 Å². The van der Waals surface area contributed by atoms with Crippen molar-refractivity contribution >= 4 is 22.8 Å². The average molecular weight is 259 g/mol. The van der Waals surface area contributed by atoms with E-state index < -0.39 is 0 Å². The number of nitrogens with one attached hydrogen (secondary N) is 1. The van der Waals surface area contributed by atoms with Gasteiger partial charge >= 0.3 is 0 Å². The van der Waals surface area contributed by atoms with E-state index in [9.17, 15) is 0 Å². The normalized spacial score (nSPS) is 26.9. The SMILES string of the molecule is CCC1CCC(Nc2nc3ccc(N)cc3o2)C1C. The third-order valence-corrected chi connectivity index (χ3v) is 4.47. The van der Waals surface area contributed by atoms with Crippen LogP contribution in [0.2, 0.25) is 0 Å². The molecule has 2 aromatic rings. The molecule has 102 valence electrons. The fourth-order valence-corrected chi connectivity index (χ4v) is 3.19. The molecule has 1 aliphatic rings. The summed E-state index contributed by atoms with van der Waals surface area (Å²) in [5.74, 6) is 1.49. The van der Waals surface area contributed by atoms with E-state index >= 15 is 0 Å². The molecule has 1 aromatic heterocycles. The molecule has 3 rings (SSSR count). The van der Waals surface area contributed by atoms with Crippen LogP contribution in [0.4, 0.5) is 11.7 Å². The summed E-state index contributed by atoms with van der Waals surface area (Å²) in [4.78, 5) is 4.47. The van der Waals surface area contributed by atoms with Crippen LogP contribution in [0.3, 0.4) is 0 Å². The van der Waals surface area contributed by atoms with Gasteiger partial charge in [0.25, 0.3) is 6.01 Å². The number of hydrogen-bond donors (Lipinski definition) is 2. The molecule has 0 aliphatic heterocycles. The van der Waals surface area contributed by atoms with Crippen LogP contribution >= 0.6 is 0 Å². The number of aromatic nitrogens is 1. The first-order valence-corrected chi connectivity index (χ1v) is 7.10. The van der Waals surface area contributed by atoms with Gasteiger partial charge < -0.3 is 15.5 Å². The Morgan fingerprint density at radius 1 is 1.42 bits per heavy atom. The topological polar surface area (TPSA) is 64.1 Å². The molecule has 1 aromatic carbocycles. The Morgan fingerprint density at radius 2 is 2.26 bits per heavy atom. The van der Waals surface area contributed by atoms with E-state index in [4.69, 9.17) is 10.2 Å². The highest BCUT2D eigenvalue weighted by atomic mass is 16.4. The third-order valence-electron chi connectivity index (χ3n) is 4.47. The van der Waals surface area contributed by atoms with Crippen molar-refractivity contribution in [1.82, 2.24) is 4.98 Å². The second-order valence-electron chi connectivity index (χ2n) is 5.60. The van der Waals surface area contributed by atoms with Gasteiger partial charge in [0.2, 0.25) is 0 Å². The quantitative estimate of drug-likeness (QED) is 0.826. The summed E-state index contributed by atoms with van der Waals surface area (Å²) in [6, 6.07) is 6.65. The monoisotopic (exact) mass is 259 g/mol. The molecule has 0 spiro atoms. The molecular weight excluding hydrogens is 238 g/mol. The molecule has 0 saturated heterocycles. The number of nitrogens with zero attached hydrogens (tertiary/aromatic N) is 1. The first-order chi connectivity index (χ1) is 9.17. The molecule has 19 heavy (non-hydrogen) atoms. The Bertz CT molecular complexity index is 578. The van der Waals surface area contributed by atoms with Crippen LogP contribution < -0.4 is 11.1 Å². The van der Waals surface area contributed by atoms with E-state index in [1.165, 1.54) is 19.3 Å². The van der Waals surface area contributed by atoms with Gasteiger partial charge in [0.15, 0.2) is 5.58 Å². The lowest BCUT2D eigenvalue weighted by molar-refractivity contribution is 0.388. The van der Waals surface area contributed by atoms with Crippen molar-refractivity contribution in [3.05, 3.63) is 18.2 Å². The number of oxazole rings is 1. The van der Waals surface area contributed by atoms with Crippen LogP contribution in [0.1, 0.15) is 33.1 Å². The van der Waals surface area contributed by atoms with Crippen LogP contribution in [0.5, 0.6) is 0 Å². The van der Waals surface area contributed by atoms with Crippen LogP contribution in [0.15, 0.2) is 22.6 Å². The Labute approximate surface area is 113 Å². The van der Waals surface area contributed by atoms with Crippen molar-refractivity contribution in [3.63, 3.8) is 0 Å². The molecule has 4 heteroatoms. The molecule has 0 radical (unpaired) electrons. The Morgan fingerprint density at radius 3 is 3.00 bits per heavy atom. The molecule has 3 atom stereocenters. The summed E-state index contributed by atoms with van der Waals surface area (Å²) in [7, 11) is 0. The Hall–Kier alpha value is -1.71. The van der Waals surface area contributed by atoms with Crippen molar-refractivity contribution in [1.29, 1.82) is 0 Å². The van der Waals surface area contributed by atoms with Crippen molar-refractivity contribution in [2.45, 2.75) is 39.2 Å². The molecule has 3 unspecified atom stereocenters. The standard InChI is InChI=1S/C15H21N3O/c1-3-10-4-6-12(9(10)2)17-15-18-13-7-5-11(16)8-14(13)19-15/h5,7-10,12H,3-4,6,16H2,1-2H3,(H,17,18). The van der Waals surface area contributed by atoms with E-state index in [2.05, 4.69) is 24.1 Å². The minimum absolute atomic E-state index is 0.468. The number of rotatable bonds is 3. The van der Waals surface area contributed by atoms with E-state index in [1.807, 2.05) is 18.2 Å². The second kappa shape index (κ2) is 4.76. The minimum Gasteiger partial charge on any atom is -0.423 e. The number of benzene rings is 1. The maximum Gasteiger partial charge on any atom is 0.295 e. The number of anilines is 2. The molecule has 3 N–H and O–H groups in total. The van der Waals surface area contributed by atoms with E-state index in [1.54, 1.807) is 0 Å². The van der Waals surface area contributed by atoms with Gasteiger partial charge in [-0.25, -0.2) is 0 Å². The third kappa shape index (κ3) is 2.27. The fraction of sp³-hybridized carbons (Fsp3) is 0.533. The van der Waals surface area contributed by atoms with E-state index in [0.717, 1.165) is 17.0 Å². The lowest BCUT2D eigenvalue weighted by Crippen LogP contribution is -2.24. The predicted molar refractivity (Wildman–Crippen MR) is 78.0 cm³/mol. The zero-order valence-electron chi connectivity index (χ0n) is 11.5. The molecule has 4 nitrogen and oxygen atoms in total. The molecule has 1 aliphatic carbocycles. The largest absolute Gasteiger partial charge is 0.423 e. The second-order valence-corrected chi connectivity index (χ2v) is 5.60. The molecule has 1 fully saturated rings. The van der Waals surface area contributed by atoms with Crippen LogP contribution in [-0.2, 0) is 0 Å². The van der Waals surface area contributed by atoms with E-state index in [-0.39, 0.29) is 0 Å². The summed E-state index contributed by atoms with van der Waals surface area (Å²) in [5, 5.41) is 3.45. The molecular formula is C15H21N3O. The highest BCUT2D eigenvalue weighted by Crippen LogP contribution is 2.36. The molecule has 0 bridgehead atoms. The number of hydrogen-bond acceptors (Lipinski definition) is 4. The van der Waals surface area contributed by atoms with Gasteiger partial charge in [-0.3, -0.25) is 0 Å². The van der Waals surface area contributed by atoms with Crippen molar-refractivity contribution in [3.8, 4) is 0 Å². The van der Waals surface area contributed by atoms with Crippen LogP contribution in [0, 0.1) is 11.8 Å². The first kappa shape index (κ1) is 12.3. The fourth-order valence-electron chi connectivity index (χ4n) is 3.19. The van der Waals surface area contributed by atoms with Gasteiger partial charge in [-0.05, 0) is 36.8 Å². The summed E-state index contributed by atoms with van der Waals surface area (Å²) >= 11 is 0. The number of nitrogens with two attached hydrogens (primary N) is 1. The summed E-state index contributed by atoms with van der Waals surface area (Å²) in [5.41, 5.74) is 8.06. The van der Waals surface area contributed by atoms with Gasteiger partial charge in [0.1, 0.15) is 5.52 Å². The summed E-state index contributed by atoms with van der Waals surface area (Å²) < 4.78 is 5.73. The predicted octanol–water partition coefficient (Wildman–Crippen LogP) is 3.65. The zero-order chi connectivity index (χ0) is 13.4. The lowest BCUT2D eigenvalue weighted by atomic mass is 9.94. The molecule has 1 heterocycles. The minimum atomic E-state index is 0.468. The number of fused-ring (bicyclic) bond motifs is 1. The first-order valence-electron chi connectivity index (χ1n) is 7.10. The highest BCUT2D eigenvalue weighted by molar-refractivity contribution is 5.78. The Kier molecular flexibility index (Phi) is 3.09. The van der Waals surface area contributed by atoms with Crippen molar-refractivity contribution in [2.24, 2.45) is 11.8 Å². The molecule has 0 amide bonds. The van der Waals surface area contributed by atoms with Crippen molar-refractivity contribution in [2.75, 3.05) is 11.1 Å². The highest BCUT2D eigenvalue weighted by Gasteiger charge is 2.32. The zero-order valence-corrected chi connectivity index (χ0v) is 11.5.